The number of hydrogen-bond donors (Lipinski definition) is 1. The van der Waals surface area contributed by atoms with Crippen LogP contribution in [0.25, 0.3) is 11.3 Å². The smallest absolute Gasteiger partial charge is 0.119 e. The molecule has 0 bridgehead atoms. The monoisotopic (exact) mass is 286 g/mol. The van der Waals surface area contributed by atoms with E-state index in [2.05, 4.69) is 17.4 Å². The van der Waals surface area contributed by atoms with Crippen LogP contribution in [-0.4, -0.2) is 25.2 Å². The zero-order valence-electron chi connectivity index (χ0n) is 11.6. The van der Waals surface area contributed by atoms with Gasteiger partial charge in [0.05, 0.1) is 17.8 Å². The number of nitrogens with one attached hydrogen (secondary N) is 1. The van der Waals surface area contributed by atoms with Gasteiger partial charge in [0.2, 0.25) is 0 Å². The van der Waals surface area contributed by atoms with Crippen molar-refractivity contribution in [2.45, 2.75) is 25.2 Å². The highest BCUT2D eigenvalue weighted by molar-refractivity contribution is 7.12. The number of hydrogen-bond acceptors (Lipinski definition) is 4. The highest BCUT2D eigenvalue weighted by atomic mass is 32.1. The molecule has 20 heavy (non-hydrogen) atoms. The Hall–Kier alpha value is -1.39. The molecular weight excluding hydrogens is 268 g/mol. The van der Waals surface area contributed by atoms with Gasteiger partial charge in [0.15, 0.2) is 0 Å². The van der Waals surface area contributed by atoms with Crippen LogP contribution in [0.3, 0.4) is 0 Å². The zero-order valence-corrected chi connectivity index (χ0v) is 12.4. The fraction of sp³-hybridized carbons (Fsp3) is 0.438. The van der Waals surface area contributed by atoms with E-state index in [9.17, 15) is 0 Å². The molecule has 4 rings (SSSR count). The molecule has 1 aromatic heterocycles. The van der Waals surface area contributed by atoms with Crippen molar-refractivity contribution < 1.29 is 4.74 Å². The molecule has 1 saturated heterocycles. The normalized spacial score (nSPS) is 17.9. The molecule has 1 aliphatic heterocycles. The van der Waals surface area contributed by atoms with Crippen molar-refractivity contribution >= 4 is 11.3 Å². The van der Waals surface area contributed by atoms with Crippen LogP contribution in [0.4, 0.5) is 0 Å². The number of fused-ring (bicyclic) bond motifs is 3. The molecule has 104 valence electrons. The second kappa shape index (κ2) is 4.86. The molecule has 2 aromatic rings. The standard InChI is InChI=1S/C16H18N2OS/c1-19-12-3-2-11-8-14-15(13(11)9-12)18-16(20-14)10-4-6-17-7-5-10/h2-3,9-10,17H,4-8H2,1H3. The number of aromatic nitrogens is 1. The van der Waals surface area contributed by atoms with Gasteiger partial charge in [0.25, 0.3) is 0 Å². The van der Waals surface area contributed by atoms with E-state index in [1.807, 2.05) is 17.4 Å². The predicted molar refractivity (Wildman–Crippen MR) is 81.8 cm³/mol. The van der Waals surface area contributed by atoms with E-state index in [4.69, 9.17) is 9.72 Å². The summed E-state index contributed by atoms with van der Waals surface area (Å²) in [6.07, 6.45) is 3.48. The molecule has 0 radical (unpaired) electrons. The molecule has 4 heteroatoms. The Morgan fingerprint density at radius 2 is 2.15 bits per heavy atom. The second-order valence-corrected chi connectivity index (χ2v) is 6.66. The van der Waals surface area contributed by atoms with Gasteiger partial charge in [0.1, 0.15) is 5.75 Å². The lowest BCUT2D eigenvalue weighted by Gasteiger charge is -2.20. The van der Waals surface area contributed by atoms with Crippen LogP contribution in [0, 0.1) is 0 Å². The molecule has 2 heterocycles. The highest BCUT2D eigenvalue weighted by Gasteiger charge is 2.27. The zero-order chi connectivity index (χ0) is 13.5. The molecule has 1 fully saturated rings. The Balaban J connectivity index is 1.70. The maximum absolute atomic E-state index is 5.34. The summed E-state index contributed by atoms with van der Waals surface area (Å²) in [5.41, 5.74) is 3.87. The van der Waals surface area contributed by atoms with Crippen LogP contribution in [0.1, 0.15) is 34.2 Å². The third-order valence-corrected chi connectivity index (χ3v) is 5.54. The van der Waals surface area contributed by atoms with Gasteiger partial charge in [0, 0.05) is 22.8 Å². The minimum absolute atomic E-state index is 0.654. The van der Waals surface area contributed by atoms with Crippen molar-refractivity contribution in [1.29, 1.82) is 0 Å². The van der Waals surface area contributed by atoms with E-state index in [-0.39, 0.29) is 0 Å². The highest BCUT2D eigenvalue weighted by Crippen LogP contribution is 2.43. The van der Waals surface area contributed by atoms with Crippen LogP contribution < -0.4 is 10.1 Å². The summed E-state index contributed by atoms with van der Waals surface area (Å²) in [4.78, 5) is 6.40. The number of benzene rings is 1. The fourth-order valence-electron chi connectivity index (χ4n) is 3.17. The summed E-state index contributed by atoms with van der Waals surface area (Å²) in [5, 5.41) is 4.76. The van der Waals surface area contributed by atoms with Gasteiger partial charge in [-0.25, -0.2) is 4.98 Å². The summed E-state index contributed by atoms with van der Waals surface area (Å²) in [6, 6.07) is 6.35. The maximum atomic E-state index is 5.34. The van der Waals surface area contributed by atoms with E-state index in [1.165, 1.54) is 39.5 Å². The summed E-state index contributed by atoms with van der Waals surface area (Å²) >= 11 is 1.92. The molecule has 0 amide bonds. The van der Waals surface area contributed by atoms with Crippen LogP contribution in [0.5, 0.6) is 5.75 Å². The van der Waals surface area contributed by atoms with E-state index >= 15 is 0 Å². The second-order valence-electron chi connectivity index (χ2n) is 5.55. The average Bonchev–Trinajstić information content (AvgIpc) is 3.05. The minimum atomic E-state index is 0.654. The first-order chi connectivity index (χ1) is 9.85. The summed E-state index contributed by atoms with van der Waals surface area (Å²) in [6.45, 7) is 2.25. The van der Waals surface area contributed by atoms with E-state index < -0.39 is 0 Å². The molecule has 2 aliphatic rings. The molecule has 3 nitrogen and oxygen atoms in total. The molecule has 0 saturated carbocycles. The third kappa shape index (κ3) is 1.95. The van der Waals surface area contributed by atoms with Gasteiger partial charge in [-0.15, -0.1) is 11.3 Å². The van der Waals surface area contributed by atoms with Gasteiger partial charge in [-0.3, -0.25) is 0 Å². The first-order valence-electron chi connectivity index (χ1n) is 7.23. The lowest BCUT2D eigenvalue weighted by Crippen LogP contribution is -2.26. The number of rotatable bonds is 2. The quantitative estimate of drug-likeness (QED) is 0.785. The SMILES string of the molecule is COc1ccc2c(c1)-c1nc(C3CCNCC3)sc1C2. The average molecular weight is 286 g/mol. The van der Waals surface area contributed by atoms with Crippen LogP contribution in [0.2, 0.25) is 0 Å². The number of thiazole rings is 1. The van der Waals surface area contributed by atoms with Crippen molar-refractivity contribution in [3.63, 3.8) is 0 Å². The molecule has 0 unspecified atom stereocenters. The number of ether oxygens (including phenoxy) is 1. The van der Waals surface area contributed by atoms with Crippen molar-refractivity contribution in [2.24, 2.45) is 0 Å². The van der Waals surface area contributed by atoms with Crippen molar-refractivity contribution in [2.75, 3.05) is 20.2 Å². The van der Waals surface area contributed by atoms with Gasteiger partial charge in [-0.2, -0.15) is 0 Å². The van der Waals surface area contributed by atoms with Crippen LogP contribution in [-0.2, 0) is 6.42 Å². The van der Waals surface area contributed by atoms with Gasteiger partial charge < -0.3 is 10.1 Å². The maximum Gasteiger partial charge on any atom is 0.119 e. The predicted octanol–water partition coefficient (Wildman–Crippen LogP) is 3.19. The summed E-state index contributed by atoms with van der Waals surface area (Å²) in [5.74, 6) is 1.58. The minimum Gasteiger partial charge on any atom is -0.497 e. The molecular formula is C16H18N2OS. The first-order valence-corrected chi connectivity index (χ1v) is 8.04. The lowest BCUT2D eigenvalue weighted by atomic mass is 9.99. The molecule has 1 aliphatic carbocycles. The Labute approximate surface area is 123 Å². The number of piperidine rings is 1. The fourth-order valence-corrected chi connectivity index (χ4v) is 4.45. The topological polar surface area (TPSA) is 34.1 Å². The lowest BCUT2D eigenvalue weighted by molar-refractivity contribution is 0.415. The van der Waals surface area contributed by atoms with Gasteiger partial charge in [-0.05, 0) is 43.6 Å². The number of nitrogens with zero attached hydrogens (tertiary/aromatic N) is 1. The van der Waals surface area contributed by atoms with Crippen LogP contribution in [0.15, 0.2) is 18.2 Å². The molecule has 0 atom stereocenters. The first kappa shape index (κ1) is 12.4. The largest absolute Gasteiger partial charge is 0.497 e. The summed E-state index contributed by atoms with van der Waals surface area (Å²) in [7, 11) is 1.72. The Kier molecular flexibility index (Phi) is 3.00. The van der Waals surface area contributed by atoms with Crippen molar-refractivity contribution in [3.8, 4) is 17.0 Å². The number of methoxy groups -OCH3 is 1. The van der Waals surface area contributed by atoms with Crippen molar-refractivity contribution in [3.05, 3.63) is 33.6 Å². The van der Waals surface area contributed by atoms with E-state index in [0.29, 0.717) is 5.92 Å². The van der Waals surface area contributed by atoms with Gasteiger partial charge in [-0.1, -0.05) is 6.07 Å². The molecule has 1 N–H and O–H groups in total. The third-order valence-electron chi connectivity index (χ3n) is 4.33. The van der Waals surface area contributed by atoms with Crippen molar-refractivity contribution in [1.82, 2.24) is 10.3 Å². The van der Waals surface area contributed by atoms with E-state index in [1.54, 1.807) is 7.11 Å². The molecule has 1 aromatic carbocycles. The Morgan fingerprint density at radius 1 is 1.30 bits per heavy atom. The Morgan fingerprint density at radius 3 is 2.95 bits per heavy atom. The van der Waals surface area contributed by atoms with Crippen LogP contribution >= 0.6 is 11.3 Å². The van der Waals surface area contributed by atoms with E-state index in [0.717, 1.165) is 25.3 Å². The van der Waals surface area contributed by atoms with Gasteiger partial charge >= 0.3 is 0 Å². The Bertz CT molecular complexity index is 644. The summed E-state index contributed by atoms with van der Waals surface area (Å²) < 4.78 is 5.34. The molecule has 0 spiro atoms.